The molecule has 0 aliphatic carbocycles. The minimum Gasteiger partial charge on any atom is -0.462 e. The number of carbonyl (C=O) groups is 3. The lowest BCUT2D eigenvalue weighted by Gasteiger charge is -2.30. The molecule has 2 fully saturated rings. The molecule has 7 heteroatoms. The number of urea groups is 1. The van der Waals surface area contributed by atoms with Crippen LogP contribution in [0.2, 0.25) is 0 Å². The summed E-state index contributed by atoms with van der Waals surface area (Å²) >= 11 is 0. The van der Waals surface area contributed by atoms with Crippen LogP contribution in [0.1, 0.15) is 26.7 Å². The summed E-state index contributed by atoms with van der Waals surface area (Å²) < 4.78 is 4.96. The van der Waals surface area contributed by atoms with Gasteiger partial charge >= 0.3 is 12.0 Å². The molecular formula is C12H19N3O4. The number of hydrogen-bond donors (Lipinski definition) is 2. The number of ether oxygens (including phenoxy) is 1. The number of nitrogens with zero attached hydrogens (tertiary/aromatic N) is 1. The number of amides is 3. The third kappa shape index (κ3) is 2.70. The van der Waals surface area contributed by atoms with Crippen LogP contribution >= 0.6 is 0 Å². The molecule has 2 rings (SSSR count). The zero-order chi connectivity index (χ0) is 14.0. The van der Waals surface area contributed by atoms with Crippen molar-refractivity contribution in [2.24, 2.45) is 0 Å². The fourth-order valence-electron chi connectivity index (χ4n) is 2.44. The van der Waals surface area contributed by atoms with Crippen LogP contribution in [0.4, 0.5) is 4.79 Å². The Morgan fingerprint density at radius 2 is 2.00 bits per heavy atom. The van der Waals surface area contributed by atoms with Crippen molar-refractivity contribution < 1.29 is 19.1 Å². The largest absolute Gasteiger partial charge is 0.462 e. The summed E-state index contributed by atoms with van der Waals surface area (Å²) in [5.41, 5.74) is -0.833. The van der Waals surface area contributed by atoms with Crippen LogP contribution in [0, 0.1) is 0 Å². The normalized spacial score (nSPS) is 21.9. The maximum atomic E-state index is 12.3. The molecule has 2 N–H and O–H groups in total. The second kappa shape index (κ2) is 5.16. The molecular weight excluding hydrogens is 250 g/mol. The number of esters is 1. The number of imide groups is 1. The molecule has 2 heterocycles. The van der Waals surface area contributed by atoms with E-state index in [1.54, 1.807) is 13.8 Å². The minimum atomic E-state index is -0.833. The highest BCUT2D eigenvalue weighted by Gasteiger charge is 2.51. The zero-order valence-corrected chi connectivity index (χ0v) is 11.2. The molecule has 2 aliphatic rings. The molecule has 7 nitrogen and oxygen atoms in total. The Balaban J connectivity index is 2.04. The van der Waals surface area contributed by atoms with Crippen molar-refractivity contribution in [3.8, 4) is 0 Å². The number of piperidine rings is 1. The van der Waals surface area contributed by atoms with Gasteiger partial charge in [0.25, 0.3) is 5.91 Å². The van der Waals surface area contributed by atoms with Gasteiger partial charge in [-0.05, 0) is 39.8 Å². The predicted octanol–water partition coefficient (Wildman–Crippen LogP) is -0.388. The first-order valence-electron chi connectivity index (χ1n) is 6.49. The van der Waals surface area contributed by atoms with Gasteiger partial charge in [-0.1, -0.05) is 0 Å². The van der Waals surface area contributed by atoms with Gasteiger partial charge in [0, 0.05) is 0 Å². The van der Waals surface area contributed by atoms with E-state index in [4.69, 9.17) is 4.74 Å². The van der Waals surface area contributed by atoms with Crippen molar-refractivity contribution >= 4 is 17.9 Å². The Morgan fingerprint density at radius 1 is 1.37 bits per heavy atom. The van der Waals surface area contributed by atoms with Gasteiger partial charge in [0.05, 0.1) is 6.10 Å². The fourth-order valence-corrected chi connectivity index (χ4v) is 2.44. The van der Waals surface area contributed by atoms with Gasteiger partial charge in [-0.15, -0.1) is 0 Å². The van der Waals surface area contributed by atoms with Crippen molar-refractivity contribution in [3.05, 3.63) is 0 Å². The Kier molecular flexibility index (Phi) is 3.75. The van der Waals surface area contributed by atoms with E-state index in [1.165, 1.54) is 0 Å². The van der Waals surface area contributed by atoms with Gasteiger partial charge in [0.1, 0.15) is 12.1 Å². The smallest absolute Gasteiger partial charge is 0.326 e. The van der Waals surface area contributed by atoms with E-state index >= 15 is 0 Å². The Morgan fingerprint density at radius 3 is 2.58 bits per heavy atom. The molecule has 0 saturated carbocycles. The van der Waals surface area contributed by atoms with Gasteiger partial charge in [-0.2, -0.15) is 0 Å². The number of rotatable bonds is 3. The highest BCUT2D eigenvalue weighted by Crippen LogP contribution is 2.26. The van der Waals surface area contributed by atoms with Gasteiger partial charge in [0.2, 0.25) is 0 Å². The van der Waals surface area contributed by atoms with Crippen LogP contribution in [-0.2, 0) is 14.3 Å². The van der Waals surface area contributed by atoms with Crippen molar-refractivity contribution in [1.29, 1.82) is 0 Å². The molecule has 0 aromatic carbocycles. The van der Waals surface area contributed by atoms with Crippen LogP contribution in [0.5, 0.6) is 0 Å². The molecule has 0 aromatic heterocycles. The zero-order valence-electron chi connectivity index (χ0n) is 11.2. The summed E-state index contributed by atoms with van der Waals surface area (Å²) in [7, 11) is 0. The summed E-state index contributed by atoms with van der Waals surface area (Å²) in [6, 6.07) is -0.507. The SMILES string of the molecule is CC(C)OC(=O)CN1C(=O)NC2(CCNCC2)C1=O. The van der Waals surface area contributed by atoms with E-state index in [1.807, 2.05) is 0 Å². The maximum absolute atomic E-state index is 12.3. The van der Waals surface area contributed by atoms with E-state index < -0.39 is 17.5 Å². The highest BCUT2D eigenvalue weighted by molar-refractivity contribution is 6.08. The second-order valence-electron chi connectivity index (χ2n) is 5.19. The van der Waals surface area contributed by atoms with Crippen molar-refractivity contribution in [2.45, 2.75) is 38.3 Å². The van der Waals surface area contributed by atoms with Crippen LogP contribution in [0.15, 0.2) is 0 Å². The van der Waals surface area contributed by atoms with Crippen LogP contribution in [0.25, 0.3) is 0 Å². The third-order valence-corrected chi connectivity index (χ3v) is 3.36. The van der Waals surface area contributed by atoms with E-state index in [0.717, 1.165) is 4.90 Å². The summed E-state index contributed by atoms with van der Waals surface area (Å²) in [6.07, 6.45) is 0.835. The van der Waals surface area contributed by atoms with E-state index in [0.29, 0.717) is 25.9 Å². The van der Waals surface area contributed by atoms with Crippen LogP contribution in [-0.4, -0.2) is 54.1 Å². The maximum Gasteiger partial charge on any atom is 0.326 e. The van der Waals surface area contributed by atoms with Crippen molar-refractivity contribution in [1.82, 2.24) is 15.5 Å². The van der Waals surface area contributed by atoms with E-state index in [9.17, 15) is 14.4 Å². The Hall–Kier alpha value is -1.63. The van der Waals surface area contributed by atoms with Gasteiger partial charge in [-0.25, -0.2) is 4.79 Å². The fraction of sp³-hybridized carbons (Fsp3) is 0.750. The molecule has 0 aromatic rings. The standard InChI is InChI=1S/C12H19N3O4/c1-8(2)19-9(16)7-15-10(17)12(14-11(15)18)3-5-13-6-4-12/h8,13H,3-7H2,1-2H3,(H,14,18). The summed E-state index contributed by atoms with van der Waals surface area (Å²) in [5.74, 6) is -0.885. The first-order chi connectivity index (χ1) is 8.94. The first kappa shape index (κ1) is 13.8. The summed E-state index contributed by atoms with van der Waals surface area (Å²) in [5, 5.41) is 5.86. The molecule has 3 amide bonds. The molecule has 0 atom stereocenters. The van der Waals surface area contributed by atoms with Crippen LogP contribution in [0.3, 0.4) is 0 Å². The average Bonchev–Trinajstić information content (AvgIpc) is 2.54. The summed E-state index contributed by atoms with van der Waals surface area (Å²) in [6.45, 7) is 4.47. The molecule has 19 heavy (non-hydrogen) atoms. The second-order valence-corrected chi connectivity index (χ2v) is 5.19. The van der Waals surface area contributed by atoms with Crippen molar-refractivity contribution in [3.63, 3.8) is 0 Å². The quantitative estimate of drug-likeness (QED) is 0.538. The van der Waals surface area contributed by atoms with Gasteiger partial charge in [-0.3, -0.25) is 14.5 Å². The molecule has 106 valence electrons. The third-order valence-electron chi connectivity index (χ3n) is 3.36. The molecule has 2 saturated heterocycles. The number of hydrogen-bond acceptors (Lipinski definition) is 5. The number of carbonyl (C=O) groups excluding carboxylic acids is 3. The highest BCUT2D eigenvalue weighted by atomic mass is 16.5. The topological polar surface area (TPSA) is 87.7 Å². The molecule has 1 spiro atoms. The monoisotopic (exact) mass is 269 g/mol. The Bertz CT molecular complexity index is 402. The van der Waals surface area contributed by atoms with Crippen molar-refractivity contribution in [2.75, 3.05) is 19.6 Å². The van der Waals surface area contributed by atoms with E-state index in [-0.39, 0.29) is 18.6 Å². The lowest BCUT2D eigenvalue weighted by molar-refractivity contribution is -0.151. The lowest BCUT2D eigenvalue weighted by Crippen LogP contribution is -2.54. The lowest BCUT2D eigenvalue weighted by atomic mass is 9.88. The molecule has 0 bridgehead atoms. The first-order valence-corrected chi connectivity index (χ1v) is 6.49. The number of nitrogens with one attached hydrogen (secondary N) is 2. The molecule has 2 aliphatic heterocycles. The van der Waals surface area contributed by atoms with Crippen LogP contribution < -0.4 is 10.6 Å². The predicted molar refractivity (Wildman–Crippen MR) is 66.3 cm³/mol. The molecule has 0 radical (unpaired) electrons. The molecule has 0 unspecified atom stereocenters. The summed E-state index contributed by atoms with van der Waals surface area (Å²) in [4.78, 5) is 36.7. The van der Waals surface area contributed by atoms with E-state index in [2.05, 4.69) is 10.6 Å². The average molecular weight is 269 g/mol. The van der Waals surface area contributed by atoms with Gasteiger partial charge < -0.3 is 15.4 Å². The van der Waals surface area contributed by atoms with Gasteiger partial charge in [0.15, 0.2) is 0 Å². The Labute approximate surface area is 111 Å². The minimum absolute atomic E-state index is 0.263.